The number of carbonyl (C=O) groups excluding carboxylic acids is 1. The van der Waals surface area contributed by atoms with Gasteiger partial charge in [0.15, 0.2) is 0 Å². The highest BCUT2D eigenvalue weighted by Gasteiger charge is 2.33. The van der Waals surface area contributed by atoms with Crippen LogP contribution < -0.4 is 0 Å². The van der Waals surface area contributed by atoms with Crippen molar-refractivity contribution in [3.8, 4) is 0 Å². The van der Waals surface area contributed by atoms with Crippen molar-refractivity contribution in [2.45, 2.75) is 51.0 Å². The molecule has 0 radical (unpaired) electrons. The molecule has 1 aromatic carbocycles. The highest BCUT2D eigenvalue weighted by Crippen LogP contribution is 2.22. The molecule has 146 valence electrons. The molecule has 1 amide bonds. The standard InChI is InChI=1S/C18H27BrN2O4S/c1-18(2,3)25-17(22)20(4)16-6-5-11-21(12-16)26(23,24)13-14-7-9-15(19)10-8-14/h7-10,16H,5-6,11-13H2,1-4H3. The van der Waals surface area contributed by atoms with Gasteiger partial charge in [-0.15, -0.1) is 0 Å². The number of ether oxygens (including phenoxy) is 1. The number of sulfonamides is 1. The number of hydrogen-bond acceptors (Lipinski definition) is 4. The minimum absolute atomic E-state index is 0.0385. The van der Waals surface area contributed by atoms with Crippen molar-refractivity contribution in [3.05, 3.63) is 34.3 Å². The van der Waals surface area contributed by atoms with E-state index < -0.39 is 21.7 Å². The predicted octanol–water partition coefficient (Wildman–Crippen LogP) is 3.61. The van der Waals surface area contributed by atoms with Gasteiger partial charge in [-0.1, -0.05) is 28.1 Å². The van der Waals surface area contributed by atoms with Crippen LogP contribution in [0.5, 0.6) is 0 Å². The molecule has 2 rings (SSSR count). The minimum Gasteiger partial charge on any atom is -0.444 e. The van der Waals surface area contributed by atoms with Crippen molar-refractivity contribution in [2.75, 3.05) is 20.1 Å². The second-order valence-electron chi connectivity index (χ2n) is 7.63. The minimum atomic E-state index is -3.44. The lowest BCUT2D eigenvalue weighted by atomic mass is 10.1. The lowest BCUT2D eigenvalue weighted by Gasteiger charge is -2.37. The van der Waals surface area contributed by atoms with E-state index in [0.29, 0.717) is 13.1 Å². The fourth-order valence-electron chi connectivity index (χ4n) is 2.86. The van der Waals surface area contributed by atoms with E-state index in [-0.39, 0.29) is 11.8 Å². The van der Waals surface area contributed by atoms with Gasteiger partial charge in [0.1, 0.15) is 5.60 Å². The number of benzene rings is 1. The van der Waals surface area contributed by atoms with Crippen LogP contribution in [0.1, 0.15) is 39.2 Å². The van der Waals surface area contributed by atoms with Gasteiger partial charge in [0.05, 0.1) is 5.75 Å². The Morgan fingerprint density at radius 3 is 2.50 bits per heavy atom. The molecule has 0 aliphatic carbocycles. The first-order valence-electron chi connectivity index (χ1n) is 8.66. The zero-order valence-corrected chi connectivity index (χ0v) is 18.1. The Bertz CT molecular complexity index is 729. The van der Waals surface area contributed by atoms with Crippen molar-refractivity contribution >= 4 is 32.0 Å². The Hall–Kier alpha value is -1.12. The molecule has 0 saturated carbocycles. The Labute approximate surface area is 164 Å². The third kappa shape index (κ3) is 5.96. The number of piperidine rings is 1. The molecular formula is C18H27BrN2O4S. The molecule has 0 bridgehead atoms. The third-order valence-corrected chi connectivity index (χ3v) is 6.59. The summed E-state index contributed by atoms with van der Waals surface area (Å²) in [4.78, 5) is 13.8. The van der Waals surface area contributed by atoms with Gasteiger partial charge >= 0.3 is 6.09 Å². The van der Waals surface area contributed by atoms with E-state index in [1.807, 2.05) is 32.9 Å². The summed E-state index contributed by atoms with van der Waals surface area (Å²) in [7, 11) is -1.77. The number of amides is 1. The average Bonchev–Trinajstić information content (AvgIpc) is 2.54. The van der Waals surface area contributed by atoms with E-state index >= 15 is 0 Å². The van der Waals surface area contributed by atoms with Crippen molar-refractivity contribution in [3.63, 3.8) is 0 Å². The SMILES string of the molecule is CN(C(=O)OC(C)(C)C)C1CCCN(S(=O)(=O)Cc2ccc(Br)cc2)C1. The van der Waals surface area contributed by atoms with E-state index in [4.69, 9.17) is 4.74 Å². The number of hydrogen-bond donors (Lipinski definition) is 0. The zero-order valence-electron chi connectivity index (χ0n) is 15.7. The number of nitrogens with zero attached hydrogens (tertiary/aromatic N) is 2. The second kappa shape index (κ2) is 8.27. The fourth-order valence-corrected chi connectivity index (χ4v) is 4.72. The molecule has 1 aliphatic rings. The molecule has 8 heteroatoms. The summed E-state index contributed by atoms with van der Waals surface area (Å²) in [5.74, 6) is -0.0385. The molecule has 0 aromatic heterocycles. The lowest BCUT2D eigenvalue weighted by molar-refractivity contribution is 0.0173. The summed E-state index contributed by atoms with van der Waals surface area (Å²) in [6, 6.07) is 7.09. The molecular weight excluding hydrogens is 420 g/mol. The molecule has 1 aliphatic heterocycles. The molecule has 0 N–H and O–H groups in total. The quantitative estimate of drug-likeness (QED) is 0.708. The van der Waals surface area contributed by atoms with Crippen molar-refractivity contribution in [1.29, 1.82) is 0 Å². The van der Waals surface area contributed by atoms with Crippen molar-refractivity contribution in [2.24, 2.45) is 0 Å². The number of likely N-dealkylation sites (N-methyl/N-ethyl adjacent to an activating group) is 1. The molecule has 1 aromatic rings. The second-order valence-corrected chi connectivity index (χ2v) is 10.5. The zero-order chi connectivity index (χ0) is 19.5. The average molecular weight is 447 g/mol. The summed E-state index contributed by atoms with van der Waals surface area (Å²) in [5, 5.41) is 0. The molecule has 0 spiro atoms. The van der Waals surface area contributed by atoms with E-state index in [1.165, 1.54) is 9.21 Å². The third-order valence-electron chi connectivity index (χ3n) is 4.24. The molecule has 6 nitrogen and oxygen atoms in total. The number of halogens is 1. The van der Waals surface area contributed by atoms with Crippen molar-refractivity contribution < 1.29 is 17.9 Å². The van der Waals surface area contributed by atoms with Gasteiger partial charge in [-0.3, -0.25) is 0 Å². The first-order valence-corrected chi connectivity index (χ1v) is 11.1. The Morgan fingerprint density at radius 2 is 1.92 bits per heavy atom. The van der Waals surface area contributed by atoms with Crippen LogP contribution >= 0.6 is 15.9 Å². The first-order chi connectivity index (χ1) is 12.0. The van der Waals surface area contributed by atoms with E-state index in [9.17, 15) is 13.2 Å². The maximum Gasteiger partial charge on any atom is 0.410 e. The number of rotatable bonds is 4. The Kier molecular flexibility index (Phi) is 6.74. The molecule has 26 heavy (non-hydrogen) atoms. The maximum absolute atomic E-state index is 12.8. The maximum atomic E-state index is 12.8. The Morgan fingerprint density at radius 1 is 1.31 bits per heavy atom. The van der Waals surface area contributed by atoms with Gasteiger partial charge in [0, 0.05) is 30.7 Å². The van der Waals surface area contributed by atoms with Gasteiger partial charge in [0.25, 0.3) is 0 Å². The van der Waals surface area contributed by atoms with Crippen LogP contribution in [-0.4, -0.2) is 55.5 Å². The molecule has 1 saturated heterocycles. The smallest absolute Gasteiger partial charge is 0.410 e. The van der Waals surface area contributed by atoms with Gasteiger partial charge in [-0.05, 0) is 51.3 Å². The summed E-state index contributed by atoms with van der Waals surface area (Å²) >= 11 is 3.35. The highest BCUT2D eigenvalue weighted by molar-refractivity contribution is 9.10. The molecule has 1 atom stereocenters. The monoisotopic (exact) mass is 446 g/mol. The van der Waals surface area contributed by atoms with Crippen LogP contribution in [0.4, 0.5) is 4.79 Å². The predicted molar refractivity (Wildman–Crippen MR) is 105 cm³/mol. The molecule has 1 fully saturated rings. The Balaban J connectivity index is 2.04. The normalized spacial score (nSPS) is 19.2. The van der Waals surface area contributed by atoms with Gasteiger partial charge in [0.2, 0.25) is 10.0 Å². The van der Waals surface area contributed by atoms with Gasteiger partial charge in [-0.25, -0.2) is 13.2 Å². The first kappa shape index (κ1) is 21.2. The van der Waals surface area contributed by atoms with Crippen molar-refractivity contribution in [1.82, 2.24) is 9.21 Å². The van der Waals surface area contributed by atoms with Gasteiger partial charge < -0.3 is 9.64 Å². The summed E-state index contributed by atoms with van der Waals surface area (Å²) in [6.07, 6.45) is 1.06. The van der Waals surface area contributed by atoms with E-state index in [2.05, 4.69) is 15.9 Å². The van der Waals surface area contributed by atoms with E-state index in [1.54, 1.807) is 19.2 Å². The molecule has 1 unspecified atom stereocenters. The molecule has 1 heterocycles. The topological polar surface area (TPSA) is 66.9 Å². The summed E-state index contributed by atoms with van der Waals surface area (Å²) in [6.45, 7) is 6.23. The van der Waals surface area contributed by atoms with Crippen LogP contribution in [0.25, 0.3) is 0 Å². The lowest BCUT2D eigenvalue weighted by Crippen LogP contribution is -2.51. The summed E-state index contributed by atoms with van der Waals surface area (Å²) < 4.78 is 33.4. The van der Waals surface area contributed by atoms with Crippen LogP contribution in [0.3, 0.4) is 0 Å². The van der Waals surface area contributed by atoms with Gasteiger partial charge in [-0.2, -0.15) is 4.31 Å². The highest BCUT2D eigenvalue weighted by atomic mass is 79.9. The van der Waals surface area contributed by atoms with E-state index in [0.717, 1.165) is 22.9 Å². The number of carbonyl (C=O) groups is 1. The largest absolute Gasteiger partial charge is 0.444 e. The van der Waals surface area contributed by atoms with Crippen LogP contribution in [0, 0.1) is 0 Å². The van der Waals surface area contributed by atoms with Crippen LogP contribution in [-0.2, 0) is 20.5 Å². The van der Waals surface area contributed by atoms with Crippen LogP contribution in [0.2, 0.25) is 0 Å². The summed E-state index contributed by atoms with van der Waals surface area (Å²) in [5.41, 5.74) is 0.170. The fraction of sp³-hybridized carbons (Fsp3) is 0.611. The van der Waals surface area contributed by atoms with Crippen LogP contribution in [0.15, 0.2) is 28.7 Å².